The van der Waals surface area contributed by atoms with Crippen LogP contribution in [0.25, 0.3) is 0 Å². The summed E-state index contributed by atoms with van der Waals surface area (Å²) in [6, 6.07) is 3.55. The van der Waals surface area contributed by atoms with Crippen molar-refractivity contribution in [3.63, 3.8) is 0 Å². The van der Waals surface area contributed by atoms with Gasteiger partial charge in [-0.2, -0.15) is 5.10 Å². The normalized spacial score (nSPS) is 11.8. The number of nitrogens with zero attached hydrogens (tertiary/aromatic N) is 2. The Bertz CT molecular complexity index is 787. The van der Waals surface area contributed by atoms with Gasteiger partial charge in [-0.1, -0.05) is 6.92 Å². The number of nitrogens with two attached hydrogens (primary N) is 1. The quantitative estimate of drug-likeness (QED) is 0.832. The first-order valence-corrected chi connectivity index (χ1v) is 8.68. The van der Waals surface area contributed by atoms with Crippen LogP contribution in [-0.4, -0.2) is 18.2 Å². The molecule has 0 saturated carbocycles. The molecule has 21 heavy (non-hydrogen) atoms. The molecule has 0 bridgehead atoms. The van der Waals surface area contributed by atoms with Gasteiger partial charge >= 0.3 is 0 Å². The number of rotatable bonds is 4. The van der Waals surface area contributed by atoms with E-state index in [4.69, 9.17) is 5.73 Å². The zero-order valence-corrected chi connectivity index (χ0v) is 14.0. The van der Waals surface area contributed by atoms with Gasteiger partial charge in [-0.15, -0.1) is 0 Å². The van der Waals surface area contributed by atoms with Crippen LogP contribution in [0.3, 0.4) is 0 Å². The van der Waals surface area contributed by atoms with Crippen molar-refractivity contribution in [2.75, 3.05) is 5.73 Å². The Balaban J connectivity index is 2.45. The number of sulfone groups is 1. The van der Waals surface area contributed by atoms with Crippen molar-refractivity contribution in [1.82, 2.24) is 9.78 Å². The van der Waals surface area contributed by atoms with E-state index in [1.807, 2.05) is 6.92 Å². The Morgan fingerprint density at radius 1 is 1.43 bits per heavy atom. The van der Waals surface area contributed by atoms with Crippen molar-refractivity contribution in [1.29, 1.82) is 0 Å². The standard InChI is InChI=1S/C13H15BrFN3O2S/c1-3-10-13(14)11(18(2)17-10)7-21(19,20)12-5-4-8(16)6-9(12)15/h4-6H,3,7,16H2,1-2H3. The number of benzene rings is 1. The molecule has 0 unspecified atom stereocenters. The summed E-state index contributed by atoms with van der Waals surface area (Å²) in [5.41, 5.74) is 6.87. The second-order valence-corrected chi connectivity index (χ2v) is 7.38. The molecule has 114 valence electrons. The van der Waals surface area contributed by atoms with Gasteiger partial charge in [0.2, 0.25) is 0 Å². The van der Waals surface area contributed by atoms with Crippen molar-refractivity contribution in [2.45, 2.75) is 24.0 Å². The summed E-state index contributed by atoms with van der Waals surface area (Å²) in [6.45, 7) is 1.92. The molecule has 0 spiro atoms. The lowest BCUT2D eigenvalue weighted by molar-refractivity contribution is 0.564. The number of aromatic nitrogens is 2. The van der Waals surface area contributed by atoms with Crippen LogP contribution in [0, 0.1) is 5.82 Å². The summed E-state index contributed by atoms with van der Waals surface area (Å²) < 4.78 is 40.8. The van der Waals surface area contributed by atoms with E-state index in [2.05, 4.69) is 21.0 Å². The third-order valence-electron chi connectivity index (χ3n) is 3.12. The van der Waals surface area contributed by atoms with E-state index >= 15 is 0 Å². The lowest BCUT2D eigenvalue weighted by Gasteiger charge is -2.07. The highest BCUT2D eigenvalue weighted by Gasteiger charge is 2.24. The Hall–Kier alpha value is -1.41. The predicted molar refractivity (Wildman–Crippen MR) is 82.0 cm³/mol. The molecule has 2 rings (SSSR count). The zero-order chi connectivity index (χ0) is 15.8. The molecular weight excluding hydrogens is 361 g/mol. The smallest absolute Gasteiger partial charge is 0.186 e. The third-order valence-corrected chi connectivity index (χ3v) is 5.69. The molecule has 0 aliphatic carbocycles. The van der Waals surface area contributed by atoms with E-state index < -0.39 is 15.7 Å². The van der Waals surface area contributed by atoms with Gasteiger partial charge < -0.3 is 5.73 Å². The number of nitrogen functional groups attached to an aromatic ring is 1. The molecule has 1 heterocycles. The Labute approximate surface area is 131 Å². The Kier molecular flexibility index (Phi) is 4.38. The van der Waals surface area contributed by atoms with E-state index in [9.17, 15) is 12.8 Å². The second kappa shape index (κ2) is 5.76. The summed E-state index contributed by atoms with van der Waals surface area (Å²) in [5, 5.41) is 4.23. The molecular formula is C13H15BrFN3O2S. The van der Waals surface area contributed by atoms with Crippen LogP contribution in [-0.2, 0) is 29.1 Å². The van der Waals surface area contributed by atoms with Crippen LogP contribution in [0.15, 0.2) is 27.6 Å². The van der Waals surface area contributed by atoms with Gasteiger partial charge in [0.15, 0.2) is 9.84 Å². The van der Waals surface area contributed by atoms with Crippen LogP contribution in [0.5, 0.6) is 0 Å². The highest BCUT2D eigenvalue weighted by Crippen LogP contribution is 2.27. The van der Waals surface area contributed by atoms with Gasteiger partial charge in [0.05, 0.1) is 21.6 Å². The van der Waals surface area contributed by atoms with Crippen LogP contribution < -0.4 is 5.73 Å². The van der Waals surface area contributed by atoms with E-state index in [0.29, 0.717) is 16.6 Å². The van der Waals surface area contributed by atoms with E-state index in [-0.39, 0.29) is 16.3 Å². The fraction of sp³-hybridized carbons (Fsp3) is 0.308. The maximum Gasteiger partial charge on any atom is 0.186 e. The summed E-state index contributed by atoms with van der Waals surface area (Å²) in [4.78, 5) is -0.358. The van der Waals surface area contributed by atoms with E-state index in [1.54, 1.807) is 7.05 Å². The number of halogens is 2. The van der Waals surface area contributed by atoms with E-state index in [0.717, 1.165) is 11.8 Å². The van der Waals surface area contributed by atoms with Crippen molar-refractivity contribution in [3.8, 4) is 0 Å². The molecule has 2 aromatic rings. The molecule has 0 fully saturated rings. The SMILES string of the molecule is CCc1nn(C)c(CS(=O)(=O)c2ccc(N)cc2F)c1Br. The maximum atomic E-state index is 13.8. The predicted octanol–water partition coefficient (Wildman–Crippen LogP) is 2.44. The average Bonchev–Trinajstić information content (AvgIpc) is 2.65. The fourth-order valence-corrected chi connectivity index (χ4v) is 4.42. The van der Waals surface area contributed by atoms with Gasteiger partial charge in [0, 0.05) is 12.7 Å². The molecule has 2 N–H and O–H groups in total. The number of anilines is 1. The van der Waals surface area contributed by atoms with Crippen LogP contribution >= 0.6 is 15.9 Å². The number of aryl methyl sites for hydroxylation is 2. The third kappa shape index (κ3) is 3.11. The molecule has 0 amide bonds. The monoisotopic (exact) mass is 375 g/mol. The highest BCUT2D eigenvalue weighted by atomic mass is 79.9. The number of hydrogen-bond donors (Lipinski definition) is 1. The van der Waals surface area contributed by atoms with Crippen LogP contribution in [0.2, 0.25) is 0 Å². The lowest BCUT2D eigenvalue weighted by atomic mass is 10.3. The zero-order valence-electron chi connectivity index (χ0n) is 11.6. The Morgan fingerprint density at radius 2 is 2.10 bits per heavy atom. The second-order valence-electron chi connectivity index (χ2n) is 4.63. The molecule has 0 atom stereocenters. The first-order chi connectivity index (χ1) is 9.76. The number of hydrogen-bond acceptors (Lipinski definition) is 4. The lowest BCUT2D eigenvalue weighted by Crippen LogP contribution is -2.11. The summed E-state index contributed by atoms with van der Waals surface area (Å²) in [7, 11) is -2.16. The van der Waals surface area contributed by atoms with Crippen molar-refractivity contribution in [3.05, 3.63) is 39.9 Å². The largest absolute Gasteiger partial charge is 0.399 e. The Morgan fingerprint density at radius 3 is 2.62 bits per heavy atom. The summed E-state index contributed by atoms with van der Waals surface area (Å²) in [5.74, 6) is -1.18. The first-order valence-electron chi connectivity index (χ1n) is 6.24. The van der Waals surface area contributed by atoms with Gasteiger partial charge in [-0.3, -0.25) is 4.68 Å². The molecule has 8 heteroatoms. The minimum absolute atomic E-state index is 0.182. The molecule has 0 radical (unpaired) electrons. The molecule has 0 aliphatic rings. The van der Waals surface area contributed by atoms with Gasteiger partial charge in [-0.25, -0.2) is 12.8 Å². The average molecular weight is 376 g/mol. The van der Waals surface area contributed by atoms with Gasteiger partial charge in [-0.05, 0) is 40.5 Å². The summed E-state index contributed by atoms with van der Waals surface area (Å²) in [6.07, 6.45) is 0.671. The van der Waals surface area contributed by atoms with Crippen LogP contribution in [0.4, 0.5) is 10.1 Å². The molecule has 1 aromatic heterocycles. The molecule has 0 aliphatic heterocycles. The van der Waals surface area contributed by atoms with Crippen molar-refractivity contribution >= 4 is 31.5 Å². The van der Waals surface area contributed by atoms with Crippen LogP contribution in [0.1, 0.15) is 18.3 Å². The van der Waals surface area contributed by atoms with Crippen molar-refractivity contribution in [2.24, 2.45) is 7.05 Å². The minimum Gasteiger partial charge on any atom is -0.399 e. The molecule has 0 saturated heterocycles. The highest BCUT2D eigenvalue weighted by molar-refractivity contribution is 9.10. The summed E-state index contributed by atoms with van der Waals surface area (Å²) >= 11 is 3.36. The van der Waals surface area contributed by atoms with Gasteiger partial charge in [0.25, 0.3) is 0 Å². The maximum absolute atomic E-state index is 13.8. The van der Waals surface area contributed by atoms with Crippen molar-refractivity contribution < 1.29 is 12.8 Å². The topological polar surface area (TPSA) is 78.0 Å². The minimum atomic E-state index is -3.82. The fourth-order valence-electron chi connectivity index (χ4n) is 2.00. The first kappa shape index (κ1) is 16.0. The molecule has 5 nitrogen and oxygen atoms in total. The van der Waals surface area contributed by atoms with E-state index in [1.165, 1.54) is 16.8 Å². The van der Waals surface area contributed by atoms with Gasteiger partial charge in [0.1, 0.15) is 10.7 Å². The molecule has 1 aromatic carbocycles.